The zero-order valence-electron chi connectivity index (χ0n) is 15.1. The largest absolute Gasteiger partial charge is 0.481 e. The van der Waals surface area contributed by atoms with E-state index >= 15 is 0 Å². The van der Waals surface area contributed by atoms with Crippen LogP contribution in [0, 0.1) is 0 Å². The van der Waals surface area contributed by atoms with Crippen molar-refractivity contribution in [3.05, 3.63) is 54.1 Å². The number of rotatable bonds is 6. The molecule has 138 valence electrons. The highest BCUT2D eigenvalue weighted by atomic mass is 32.2. The molecule has 0 amide bonds. The number of hydrogen-bond acceptors (Lipinski definition) is 5. The Morgan fingerprint density at radius 3 is 2.62 bits per heavy atom. The van der Waals surface area contributed by atoms with Crippen molar-refractivity contribution in [1.82, 2.24) is 5.01 Å². The molecule has 0 fully saturated rings. The first kappa shape index (κ1) is 18.3. The smallest absolute Gasteiger partial charge is 0.261 e. The van der Waals surface area contributed by atoms with Gasteiger partial charge < -0.3 is 9.75 Å². The first-order valence-electron chi connectivity index (χ1n) is 8.46. The van der Waals surface area contributed by atoms with Gasteiger partial charge in [-0.15, -0.1) is 0 Å². The van der Waals surface area contributed by atoms with E-state index in [-0.39, 0.29) is 4.90 Å². The lowest BCUT2D eigenvalue weighted by Gasteiger charge is -2.23. The van der Waals surface area contributed by atoms with Crippen LogP contribution in [-0.4, -0.2) is 39.3 Å². The SMILES string of the molecule is CCC1(/C=N/N(C)C)Cc2cc(NS(=O)(=O)c3ccccc3)ccc2O1. The van der Waals surface area contributed by atoms with Crippen LogP contribution in [0.4, 0.5) is 5.69 Å². The molecule has 2 aromatic carbocycles. The lowest BCUT2D eigenvalue weighted by molar-refractivity contribution is 0.168. The molecule has 7 heteroatoms. The minimum Gasteiger partial charge on any atom is -0.481 e. The fourth-order valence-electron chi connectivity index (χ4n) is 2.85. The van der Waals surface area contributed by atoms with Gasteiger partial charge in [0.15, 0.2) is 0 Å². The van der Waals surface area contributed by atoms with E-state index in [0.29, 0.717) is 12.1 Å². The van der Waals surface area contributed by atoms with Gasteiger partial charge >= 0.3 is 0 Å². The van der Waals surface area contributed by atoms with Crippen molar-refractivity contribution < 1.29 is 13.2 Å². The van der Waals surface area contributed by atoms with E-state index in [1.807, 2.05) is 33.3 Å². The van der Waals surface area contributed by atoms with Crippen LogP contribution >= 0.6 is 0 Å². The van der Waals surface area contributed by atoms with Crippen molar-refractivity contribution in [2.75, 3.05) is 18.8 Å². The van der Waals surface area contributed by atoms with Crippen LogP contribution < -0.4 is 9.46 Å². The molecule has 1 N–H and O–H groups in total. The van der Waals surface area contributed by atoms with E-state index in [2.05, 4.69) is 9.82 Å². The number of hydrazone groups is 1. The van der Waals surface area contributed by atoms with Gasteiger partial charge in [0.25, 0.3) is 10.0 Å². The van der Waals surface area contributed by atoms with Crippen molar-refractivity contribution in [3.63, 3.8) is 0 Å². The molecule has 1 unspecified atom stereocenters. The molecule has 0 bridgehead atoms. The number of nitrogens with one attached hydrogen (secondary N) is 1. The summed E-state index contributed by atoms with van der Waals surface area (Å²) < 4.78 is 33.7. The standard InChI is InChI=1S/C19H23N3O3S/c1-4-19(14-20-22(2)3)13-15-12-16(10-11-18(15)25-19)21-26(23,24)17-8-6-5-7-9-17/h5-12,14,21H,4,13H2,1-3H3/b20-14+. The Kier molecular flexibility index (Phi) is 4.91. The maximum absolute atomic E-state index is 12.5. The molecule has 0 aliphatic carbocycles. The minimum absolute atomic E-state index is 0.234. The van der Waals surface area contributed by atoms with Gasteiger partial charge in [-0.25, -0.2) is 8.42 Å². The molecule has 0 saturated carbocycles. The second-order valence-electron chi connectivity index (χ2n) is 6.53. The maximum atomic E-state index is 12.5. The zero-order chi connectivity index (χ0) is 18.8. The Balaban J connectivity index is 1.83. The van der Waals surface area contributed by atoms with Crippen molar-refractivity contribution in [1.29, 1.82) is 0 Å². The zero-order valence-corrected chi connectivity index (χ0v) is 16.0. The number of sulfonamides is 1. The Hall–Kier alpha value is -2.54. The van der Waals surface area contributed by atoms with Gasteiger partial charge in [0.05, 0.1) is 11.1 Å². The molecule has 26 heavy (non-hydrogen) atoms. The first-order valence-corrected chi connectivity index (χ1v) is 9.94. The van der Waals surface area contributed by atoms with Crippen LogP contribution in [0.25, 0.3) is 0 Å². The van der Waals surface area contributed by atoms with Crippen molar-refractivity contribution >= 4 is 21.9 Å². The number of benzene rings is 2. The van der Waals surface area contributed by atoms with E-state index in [1.165, 1.54) is 0 Å². The Bertz CT molecular complexity index is 911. The van der Waals surface area contributed by atoms with Crippen LogP contribution in [0.1, 0.15) is 18.9 Å². The van der Waals surface area contributed by atoms with Gasteiger partial charge in [0.2, 0.25) is 0 Å². The summed E-state index contributed by atoms with van der Waals surface area (Å²) in [5.74, 6) is 0.764. The van der Waals surface area contributed by atoms with Gasteiger partial charge in [-0.05, 0) is 36.8 Å². The maximum Gasteiger partial charge on any atom is 0.261 e. The van der Waals surface area contributed by atoms with Gasteiger partial charge in [-0.1, -0.05) is 25.1 Å². The highest BCUT2D eigenvalue weighted by Crippen LogP contribution is 2.38. The quantitative estimate of drug-likeness (QED) is 0.624. The van der Waals surface area contributed by atoms with Crippen molar-refractivity contribution in [2.45, 2.75) is 30.3 Å². The molecular weight excluding hydrogens is 350 g/mol. The molecule has 0 aromatic heterocycles. The highest BCUT2D eigenvalue weighted by molar-refractivity contribution is 7.92. The average molecular weight is 373 g/mol. The third-order valence-corrected chi connectivity index (χ3v) is 5.69. The van der Waals surface area contributed by atoms with E-state index < -0.39 is 15.6 Å². The molecule has 6 nitrogen and oxygen atoms in total. The molecule has 1 heterocycles. The topological polar surface area (TPSA) is 71.0 Å². The summed E-state index contributed by atoms with van der Waals surface area (Å²) in [4.78, 5) is 0.234. The summed E-state index contributed by atoms with van der Waals surface area (Å²) in [6, 6.07) is 13.7. The van der Waals surface area contributed by atoms with E-state index in [0.717, 1.165) is 17.7 Å². The van der Waals surface area contributed by atoms with Gasteiger partial charge in [-0.3, -0.25) is 4.72 Å². The normalized spacial score (nSPS) is 19.2. The number of nitrogens with zero attached hydrogens (tertiary/aromatic N) is 2. The van der Waals surface area contributed by atoms with E-state index in [9.17, 15) is 8.42 Å². The predicted octanol–water partition coefficient (Wildman–Crippen LogP) is 3.12. The van der Waals surface area contributed by atoms with E-state index in [1.54, 1.807) is 47.5 Å². The van der Waals surface area contributed by atoms with Gasteiger partial charge in [-0.2, -0.15) is 5.10 Å². The van der Waals surface area contributed by atoms with Crippen LogP contribution in [-0.2, 0) is 16.4 Å². The second kappa shape index (κ2) is 6.99. The molecule has 1 aliphatic heterocycles. The summed E-state index contributed by atoms with van der Waals surface area (Å²) in [7, 11) is 0.109. The molecule has 3 rings (SSSR count). The fraction of sp³-hybridized carbons (Fsp3) is 0.316. The van der Waals surface area contributed by atoms with Crippen molar-refractivity contribution in [3.8, 4) is 5.75 Å². The highest BCUT2D eigenvalue weighted by Gasteiger charge is 2.37. The van der Waals surface area contributed by atoms with Crippen LogP contribution in [0.3, 0.4) is 0 Å². The van der Waals surface area contributed by atoms with Gasteiger partial charge in [0.1, 0.15) is 11.4 Å². The fourth-order valence-corrected chi connectivity index (χ4v) is 3.92. The number of ether oxygens (including phenoxy) is 1. The number of fused-ring (bicyclic) bond motifs is 1. The molecule has 0 saturated heterocycles. The first-order chi connectivity index (χ1) is 12.3. The summed E-state index contributed by atoms with van der Waals surface area (Å²) >= 11 is 0. The van der Waals surface area contributed by atoms with Crippen molar-refractivity contribution in [2.24, 2.45) is 5.10 Å². The number of hydrogen-bond donors (Lipinski definition) is 1. The molecule has 1 aliphatic rings. The van der Waals surface area contributed by atoms with Crippen LogP contribution in [0.15, 0.2) is 58.5 Å². The number of anilines is 1. The van der Waals surface area contributed by atoms with Crippen LogP contribution in [0.5, 0.6) is 5.75 Å². The molecular formula is C19H23N3O3S. The Labute approximate surface area is 154 Å². The molecule has 2 aromatic rings. The molecule has 1 atom stereocenters. The Morgan fingerprint density at radius 2 is 1.96 bits per heavy atom. The minimum atomic E-state index is -3.61. The lowest BCUT2D eigenvalue weighted by atomic mass is 9.95. The molecule has 0 radical (unpaired) electrons. The lowest BCUT2D eigenvalue weighted by Crippen LogP contribution is -2.36. The van der Waals surface area contributed by atoms with E-state index in [4.69, 9.17) is 4.74 Å². The Morgan fingerprint density at radius 1 is 1.23 bits per heavy atom. The average Bonchev–Trinajstić information content (AvgIpc) is 2.99. The third-order valence-electron chi connectivity index (χ3n) is 4.29. The summed E-state index contributed by atoms with van der Waals surface area (Å²) in [5, 5.41) is 6.05. The van der Waals surface area contributed by atoms with Crippen LogP contribution in [0.2, 0.25) is 0 Å². The summed E-state index contributed by atoms with van der Waals surface area (Å²) in [6.45, 7) is 2.05. The summed E-state index contributed by atoms with van der Waals surface area (Å²) in [6.07, 6.45) is 3.24. The van der Waals surface area contributed by atoms with Gasteiger partial charge in [0, 0.05) is 31.8 Å². The predicted molar refractivity (Wildman–Crippen MR) is 103 cm³/mol. The second-order valence-corrected chi connectivity index (χ2v) is 8.21. The summed E-state index contributed by atoms with van der Waals surface area (Å²) in [5.41, 5.74) is 0.988. The monoisotopic (exact) mass is 373 g/mol. The molecule has 0 spiro atoms. The third kappa shape index (κ3) is 3.83.